The van der Waals surface area contributed by atoms with Crippen molar-refractivity contribution in [3.63, 3.8) is 0 Å². The van der Waals surface area contributed by atoms with E-state index in [1.165, 1.54) is 0 Å². The molecule has 1 saturated heterocycles. The molecule has 0 bridgehead atoms. The summed E-state index contributed by atoms with van der Waals surface area (Å²) in [7, 11) is 0. The van der Waals surface area contributed by atoms with Crippen molar-refractivity contribution in [2.75, 3.05) is 19.6 Å². The zero-order valence-corrected chi connectivity index (χ0v) is 13.8. The van der Waals surface area contributed by atoms with Crippen LogP contribution in [0.5, 0.6) is 5.75 Å². The Balaban J connectivity index is 1.43. The molecule has 0 spiro atoms. The van der Waals surface area contributed by atoms with Crippen LogP contribution in [-0.4, -0.2) is 35.5 Å². The van der Waals surface area contributed by atoms with Gasteiger partial charge in [-0.3, -0.25) is 9.69 Å². The van der Waals surface area contributed by atoms with Gasteiger partial charge in [0.25, 0.3) is 0 Å². The highest BCUT2D eigenvalue weighted by Gasteiger charge is 2.25. The SMILES string of the molecule is O=C(NCCc1ccc(O)cc1)[C@@H]1CCCN(Cc2ccco2)C1. The summed E-state index contributed by atoms with van der Waals surface area (Å²) in [5.41, 5.74) is 1.11. The number of aromatic hydroxyl groups is 1. The highest BCUT2D eigenvalue weighted by Crippen LogP contribution is 2.19. The molecule has 0 radical (unpaired) electrons. The number of nitrogens with zero attached hydrogens (tertiary/aromatic N) is 1. The standard InChI is InChI=1S/C19H24N2O3/c22-17-7-5-15(6-8-17)9-10-20-19(23)16-3-1-11-21(13-16)14-18-4-2-12-24-18/h2,4-8,12,16,22H,1,3,9-11,13-14H2,(H,20,23)/t16-/m1/s1. The summed E-state index contributed by atoms with van der Waals surface area (Å²) in [4.78, 5) is 14.7. The van der Waals surface area contributed by atoms with Crippen LogP contribution in [0.2, 0.25) is 0 Å². The Morgan fingerprint density at radius 2 is 2.12 bits per heavy atom. The number of hydrogen-bond acceptors (Lipinski definition) is 4. The van der Waals surface area contributed by atoms with Gasteiger partial charge in [-0.05, 0) is 55.6 Å². The lowest BCUT2D eigenvalue weighted by molar-refractivity contribution is -0.126. The maximum Gasteiger partial charge on any atom is 0.224 e. The lowest BCUT2D eigenvalue weighted by atomic mass is 9.97. The molecule has 0 aliphatic carbocycles. The van der Waals surface area contributed by atoms with Crippen molar-refractivity contribution < 1.29 is 14.3 Å². The maximum absolute atomic E-state index is 12.4. The topological polar surface area (TPSA) is 65.7 Å². The summed E-state index contributed by atoms with van der Waals surface area (Å²) >= 11 is 0. The second-order valence-electron chi connectivity index (χ2n) is 6.36. The van der Waals surface area contributed by atoms with E-state index >= 15 is 0 Å². The van der Waals surface area contributed by atoms with Crippen LogP contribution >= 0.6 is 0 Å². The van der Waals surface area contributed by atoms with E-state index in [9.17, 15) is 9.90 Å². The Bertz CT molecular complexity index is 637. The Hall–Kier alpha value is -2.27. The average molecular weight is 328 g/mol. The molecule has 128 valence electrons. The number of rotatable bonds is 6. The van der Waals surface area contributed by atoms with Crippen molar-refractivity contribution in [3.05, 3.63) is 54.0 Å². The van der Waals surface area contributed by atoms with Gasteiger partial charge < -0.3 is 14.8 Å². The predicted molar refractivity (Wildman–Crippen MR) is 91.5 cm³/mol. The van der Waals surface area contributed by atoms with Gasteiger partial charge in [0.1, 0.15) is 11.5 Å². The Labute approximate surface area is 142 Å². The average Bonchev–Trinajstić information content (AvgIpc) is 3.10. The van der Waals surface area contributed by atoms with Gasteiger partial charge in [-0.25, -0.2) is 0 Å². The van der Waals surface area contributed by atoms with Gasteiger partial charge in [0.15, 0.2) is 0 Å². The van der Waals surface area contributed by atoms with Crippen LogP contribution in [0.4, 0.5) is 0 Å². The minimum Gasteiger partial charge on any atom is -0.508 e. The normalized spacial score (nSPS) is 18.4. The number of phenols is 1. The van der Waals surface area contributed by atoms with Crippen LogP contribution in [0.3, 0.4) is 0 Å². The van der Waals surface area contributed by atoms with Gasteiger partial charge in [-0.2, -0.15) is 0 Å². The fraction of sp³-hybridized carbons (Fsp3) is 0.421. The molecular formula is C19H24N2O3. The van der Waals surface area contributed by atoms with E-state index in [1.807, 2.05) is 24.3 Å². The van der Waals surface area contributed by atoms with E-state index in [0.29, 0.717) is 6.54 Å². The van der Waals surface area contributed by atoms with Crippen molar-refractivity contribution in [2.45, 2.75) is 25.8 Å². The van der Waals surface area contributed by atoms with Gasteiger partial charge >= 0.3 is 0 Å². The number of benzene rings is 1. The van der Waals surface area contributed by atoms with Crippen LogP contribution in [0.25, 0.3) is 0 Å². The van der Waals surface area contributed by atoms with E-state index in [4.69, 9.17) is 4.42 Å². The summed E-state index contributed by atoms with van der Waals surface area (Å²) in [5, 5.41) is 12.3. The van der Waals surface area contributed by atoms with Crippen LogP contribution in [0, 0.1) is 5.92 Å². The van der Waals surface area contributed by atoms with Gasteiger partial charge in [-0.1, -0.05) is 12.1 Å². The molecule has 2 heterocycles. The molecule has 0 unspecified atom stereocenters. The fourth-order valence-electron chi connectivity index (χ4n) is 3.17. The maximum atomic E-state index is 12.4. The largest absolute Gasteiger partial charge is 0.508 e. The lowest BCUT2D eigenvalue weighted by Crippen LogP contribution is -2.43. The highest BCUT2D eigenvalue weighted by atomic mass is 16.3. The minimum absolute atomic E-state index is 0.0496. The van der Waals surface area contributed by atoms with Crippen LogP contribution in [0.15, 0.2) is 47.1 Å². The van der Waals surface area contributed by atoms with Gasteiger partial charge in [0.2, 0.25) is 5.91 Å². The minimum atomic E-state index is 0.0496. The first-order valence-corrected chi connectivity index (χ1v) is 8.51. The molecule has 2 aromatic rings. The molecule has 5 nitrogen and oxygen atoms in total. The first-order valence-electron chi connectivity index (χ1n) is 8.51. The summed E-state index contributed by atoms with van der Waals surface area (Å²) in [5.74, 6) is 1.40. The molecule has 3 rings (SSSR count). The molecule has 1 aliphatic rings. The molecule has 0 saturated carbocycles. The number of amides is 1. The fourth-order valence-corrected chi connectivity index (χ4v) is 3.17. The number of carbonyl (C=O) groups is 1. The molecular weight excluding hydrogens is 304 g/mol. The van der Waals surface area contributed by atoms with E-state index in [1.54, 1.807) is 18.4 Å². The van der Waals surface area contributed by atoms with Crippen molar-refractivity contribution in [3.8, 4) is 5.75 Å². The molecule has 5 heteroatoms. The number of piperidine rings is 1. The number of nitrogens with one attached hydrogen (secondary N) is 1. The van der Waals surface area contributed by atoms with E-state index in [0.717, 1.165) is 50.2 Å². The number of likely N-dealkylation sites (tertiary alicyclic amines) is 1. The van der Waals surface area contributed by atoms with Crippen molar-refractivity contribution in [1.29, 1.82) is 0 Å². The third-order valence-corrected chi connectivity index (χ3v) is 4.49. The van der Waals surface area contributed by atoms with Gasteiger partial charge in [0.05, 0.1) is 18.7 Å². The molecule has 1 fully saturated rings. The summed E-state index contributed by atoms with van der Waals surface area (Å²) in [6.45, 7) is 3.19. The van der Waals surface area contributed by atoms with Crippen molar-refractivity contribution in [2.24, 2.45) is 5.92 Å². The molecule has 1 atom stereocenters. The van der Waals surface area contributed by atoms with Crippen LogP contribution < -0.4 is 5.32 Å². The number of hydrogen-bond donors (Lipinski definition) is 2. The van der Waals surface area contributed by atoms with E-state index in [2.05, 4.69) is 10.2 Å². The Kier molecular flexibility index (Phi) is 5.54. The molecule has 1 aromatic heterocycles. The third kappa shape index (κ3) is 4.61. The van der Waals surface area contributed by atoms with Gasteiger partial charge in [-0.15, -0.1) is 0 Å². The molecule has 24 heavy (non-hydrogen) atoms. The monoisotopic (exact) mass is 328 g/mol. The smallest absolute Gasteiger partial charge is 0.224 e. The number of carbonyl (C=O) groups excluding carboxylic acids is 1. The predicted octanol–water partition coefficient (Wildman–Crippen LogP) is 2.56. The molecule has 1 amide bonds. The Morgan fingerprint density at radius 3 is 2.88 bits per heavy atom. The van der Waals surface area contributed by atoms with Crippen LogP contribution in [-0.2, 0) is 17.8 Å². The second-order valence-corrected chi connectivity index (χ2v) is 6.36. The van der Waals surface area contributed by atoms with E-state index in [-0.39, 0.29) is 17.6 Å². The van der Waals surface area contributed by atoms with Crippen molar-refractivity contribution in [1.82, 2.24) is 10.2 Å². The summed E-state index contributed by atoms with van der Waals surface area (Å²) in [6.07, 6.45) is 4.44. The van der Waals surface area contributed by atoms with E-state index < -0.39 is 0 Å². The third-order valence-electron chi connectivity index (χ3n) is 4.49. The molecule has 1 aromatic carbocycles. The number of phenolic OH excluding ortho intramolecular Hbond substituents is 1. The van der Waals surface area contributed by atoms with Gasteiger partial charge in [0, 0.05) is 13.1 Å². The quantitative estimate of drug-likeness (QED) is 0.855. The van der Waals surface area contributed by atoms with Crippen molar-refractivity contribution >= 4 is 5.91 Å². The molecule has 1 aliphatic heterocycles. The summed E-state index contributed by atoms with van der Waals surface area (Å²) in [6, 6.07) is 11.0. The second kappa shape index (κ2) is 8.02. The molecule has 2 N–H and O–H groups in total. The highest BCUT2D eigenvalue weighted by molar-refractivity contribution is 5.78. The first-order chi connectivity index (χ1) is 11.7. The first kappa shape index (κ1) is 16.6. The summed E-state index contributed by atoms with van der Waals surface area (Å²) < 4.78 is 5.39. The Morgan fingerprint density at radius 1 is 1.29 bits per heavy atom. The zero-order valence-electron chi connectivity index (χ0n) is 13.8. The van der Waals surface area contributed by atoms with Crippen LogP contribution in [0.1, 0.15) is 24.2 Å². The number of furan rings is 1. The zero-order chi connectivity index (χ0) is 16.8. The lowest BCUT2D eigenvalue weighted by Gasteiger charge is -2.31.